The zero-order valence-corrected chi connectivity index (χ0v) is 21.2. The lowest BCUT2D eigenvalue weighted by atomic mass is 9.80. The largest absolute Gasteiger partial charge is 0.495 e. The highest BCUT2D eigenvalue weighted by atomic mass is 35.5. The van der Waals surface area contributed by atoms with Crippen LogP contribution in [0.15, 0.2) is 42.5 Å². The van der Waals surface area contributed by atoms with Crippen LogP contribution >= 0.6 is 34.8 Å². The Labute approximate surface area is 221 Å². The van der Waals surface area contributed by atoms with Gasteiger partial charge in [-0.3, -0.25) is 19.3 Å². The van der Waals surface area contributed by atoms with Crippen LogP contribution in [-0.4, -0.2) is 48.2 Å². The molecule has 2 bridgehead atoms. The molecule has 1 heterocycles. The fourth-order valence-corrected chi connectivity index (χ4v) is 6.62. The number of esters is 1. The van der Waals surface area contributed by atoms with Crippen LogP contribution in [0, 0.1) is 23.7 Å². The molecule has 6 atom stereocenters. The minimum Gasteiger partial charge on any atom is -0.495 e. The molecule has 0 spiro atoms. The van der Waals surface area contributed by atoms with Gasteiger partial charge in [-0.15, -0.1) is 23.2 Å². The van der Waals surface area contributed by atoms with Crippen molar-refractivity contribution in [2.45, 2.75) is 17.2 Å². The predicted octanol–water partition coefficient (Wildman–Crippen LogP) is 4.11. The van der Waals surface area contributed by atoms with E-state index in [4.69, 9.17) is 44.3 Å². The van der Waals surface area contributed by atoms with E-state index in [0.29, 0.717) is 22.9 Å². The molecule has 1 aliphatic heterocycles. The van der Waals surface area contributed by atoms with Gasteiger partial charge in [0.1, 0.15) is 5.75 Å². The lowest BCUT2D eigenvalue weighted by Crippen LogP contribution is -2.37. The summed E-state index contributed by atoms with van der Waals surface area (Å²) in [5.41, 5.74) is 0.683. The van der Waals surface area contributed by atoms with Gasteiger partial charge in [0.25, 0.3) is 5.91 Å². The molecule has 2 aromatic carbocycles. The highest BCUT2D eigenvalue weighted by Crippen LogP contribution is 2.59. The number of alkyl halides is 2. The zero-order valence-electron chi connectivity index (χ0n) is 19.0. The number of fused-ring (bicyclic) bond motifs is 5. The normalized spacial score (nSPS) is 28.3. The maximum absolute atomic E-state index is 13.2. The molecule has 5 rings (SSSR count). The minimum atomic E-state index is -0.786. The molecule has 3 aliphatic rings. The Morgan fingerprint density at radius 1 is 1.03 bits per heavy atom. The van der Waals surface area contributed by atoms with Gasteiger partial charge in [0.05, 0.1) is 46.6 Å². The number of ether oxygens (including phenoxy) is 2. The standard InChI is InChI=1S/C25H21Cl3N2O6/c1-35-17-6-5-12(26)8-16(17)29-18(31)10-36-25(34)11-3-2-4-13(7-11)30-23(32)19-14-9-15(20(19)24(30)33)22(28)21(14)27/h2-8,14-15,19-22H,9-10H2,1H3,(H,29,31)/t14-,15-,19-,20-,21-,22+/m1/s1. The quantitative estimate of drug-likeness (QED) is 0.329. The summed E-state index contributed by atoms with van der Waals surface area (Å²) in [6.45, 7) is -0.567. The Bertz CT molecular complexity index is 1240. The van der Waals surface area contributed by atoms with Gasteiger partial charge < -0.3 is 14.8 Å². The van der Waals surface area contributed by atoms with Crippen LogP contribution in [0.3, 0.4) is 0 Å². The summed E-state index contributed by atoms with van der Waals surface area (Å²) in [6.07, 6.45) is 0.665. The van der Waals surface area contributed by atoms with E-state index in [1.807, 2.05) is 0 Å². The van der Waals surface area contributed by atoms with Crippen LogP contribution in [0.1, 0.15) is 16.8 Å². The van der Waals surface area contributed by atoms with E-state index < -0.39 is 30.3 Å². The number of benzene rings is 2. The number of anilines is 2. The fourth-order valence-electron chi connectivity index (χ4n) is 5.55. The lowest BCUT2D eigenvalue weighted by molar-refractivity contribution is -0.123. The second-order valence-electron chi connectivity index (χ2n) is 9.03. The Balaban J connectivity index is 1.26. The van der Waals surface area contributed by atoms with Gasteiger partial charge in [-0.05, 0) is 54.7 Å². The number of hydrogen-bond acceptors (Lipinski definition) is 6. The second-order valence-corrected chi connectivity index (χ2v) is 10.5. The number of nitrogens with zero attached hydrogens (tertiary/aromatic N) is 1. The average molecular weight is 552 g/mol. The van der Waals surface area contributed by atoms with Crippen LogP contribution in [0.25, 0.3) is 0 Å². The number of carbonyl (C=O) groups excluding carboxylic acids is 4. The summed E-state index contributed by atoms with van der Waals surface area (Å²) in [7, 11) is 1.45. The van der Waals surface area contributed by atoms with Crippen molar-refractivity contribution in [3.8, 4) is 5.75 Å². The average Bonchev–Trinajstić information content (AvgIpc) is 3.47. The predicted molar refractivity (Wildman–Crippen MR) is 134 cm³/mol. The van der Waals surface area contributed by atoms with Crippen molar-refractivity contribution in [3.05, 3.63) is 53.1 Å². The molecule has 11 heteroatoms. The van der Waals surface area contributed by atoms with Gasteiger partial charge in [0, 0.05) is 5.02 Å². The number of amides is 3. The maximum atomic E-state index is 13.2. The third-order valence-electron chi connectivity index (χ3n) is 7.10. The van der Waals surface area contributed by atoms with Crippen LogP contribution in [-0.2, 0) is 19.1 Å². The molecule has 0 radical (unpaired) electrons. The smallest absolute Gasteiger partial charge is 0.338 e. The lowest BCUT2D eigenvalue weighted by Gasteiger charge is -2.28. The number of rotatable bonds is 6. The van der Waals surface area contributed by atoms with Gasteiger partial charge in [0.2, 0.25) is 11.8 Å². The molecular weight excluding hydrogens is 531 g/mol. The van der Waals surface area contributed by atoms with Gasteiger partial charge in [-0.2, -0.15) is 0 Å². The van der Waals surface area contributed by atoms with E-state index in [0.717, 1.165) is 4.90 Å². The Morgan fingerprint density at radius 3 is 2.33 bits per heavy atom. The maximum Gasteiger partial charge on any atom is 0.338 e. The van der Waals surface area contributed by atoms with Crippen molar-refractivity contribution < 1.29 is 28.7 Å². The molecule has 0 unspecified atom stereocenters. The summed E-state index contributed by atoms with van der Waals surface area (Å²) in [5, 5.41) is 2.26. The van der Waals surface area contributed by atoms with Crippen LogP contribution in [0.2, 0.25) is 5.02 Å². The molecule has 36 heavy (non-hydrogen) atoms. The van der Waals surface area contributed by atoms with Crippen molar-refractivity contribution in [1.29, 1.82) is 0 Å². The van der Waals surface area contributed by atoms with Crippen molar-refractivity contribution in [3.63, 3.8) is 0 Å². The third kappa shape index (κ3) is 4.11. The second kappa shape index (κ2) is 9.57. The molecule has 3 amide bonds. The molecule has 2 aliphatic carbocycles. The highest BCUT2D eigenvalue weighted by molar-refractivity contribution is 6.32. The molecule has 0 aromatic heterocycles. The van der Waals surface area contributed by atoms with E-state index in [9.17, 15) is 19.2 Å². The number of nitrogens with one attached hydrogen (secondary N) is 1. The molecule has 1 N–H and O–H groups in total. The first kappa shape index (κ1) is 24.9. The molecule has 3 fully saturated rings. The van der Waals surface area contributed by atoms with Crippen LogP contribution in [0.4, 0.5) is 11.4 Å². The summed E-state index contributed by atoms with van der Waals surface area (Å²) >= 11 is 18.8. The highest BCUT2D eigenvalue weighted by Gasteiger charge is 2.66. The molecule has 188 valence electrons. The van der Waals surface area contributed by atoms with E-state index in [1.165, 1.54) is 25.3 Å². The van der Waals surface area contributed by atoms with E-state index in [1.54, 1.807) is 24.3 Å². The summed E-state index contributed by atoms with van der Waals surface area (Å²) in [6, 6.07) is 10.7. The first-order valence-electron chi connectivity index (χ1n) is 11.3. The van der Waals surface area contributed by atoms with Crippen molar-refractivity contribution in [2.75, 3.05) is 23.9 Å². The third-order valence-corrected chi connectivity index (χ3v) is 8.65. The van der Waals surface area contributed by atoms with Gasteiger partial charge in [-0.1, -0.05) is 17.7 Å². The number of methoxy groups -OCH3 is 1. The molecule has 1 saturated heterocycles. The van der Waals surface area contributed by atoms with Crippen molar-refractivity contribution in [2.24, 2.45) is 23.7 Å². The van der Waals surface area contributed by atoms with E-state index >= 15 is 0 Å². The van der Waals surface area contributed by atoms with Crippen molar-refractivity contribution >= 4 is 69.9 Å². The topological polar surface area (TPSA) is 102 Å². The summed E-state index contributed by atoms with van der Waals surface area (Å²) in [5.74, 6) is -2.92. The van der Waals surface area contributed by atoms with E-state index in [-0.39, 0.29) is 45.7 Å². The molecule has 2 aromatic rings. The van der Waals surface area contributed by atoms with E-state index in [2.05, 4.69) is 5.32 Å². The van der Waals surface area contributed by atoms with Gasteiger partial charge in [0.15, 0.2) is 6.61 Å². The van der Waals surface area contributed by atoms with Gasteiger partial charge >= 0.3 is 5.97 Å². The first-order chi connectivity index (χ1) is 17.2. The Hall–Kier alpha value is -2.81. The SMILES string of the molecule is COc1ccc(Cl)cc1NC(=O)COC(=O)c1cccc(N2C(=O)[C@@H]3[C@H]4C[C@@H]([C@@H](Cl)[C@H]4Cl)[C@H]3C2=O)c1. The van der Waals surface area contributed by atoms with Crippen LogP contribution < -0.4 is 15.0 Å². The Kier molecular flexibility index (Phi) is 6.61. The fraction of sp³-hybridized carbons (Fsp3) is 0.360. The summed E-state index contributed by atoms with van der Waals surface area (Å²) in [4.78, 5) is 52.5. The number of hydrogen-bond donors (Lipinski definition) is 1. The first-order valence-corrected chi connectivity index (χ1v) is 12.5. The zero-order chi connectivity index (χ0) is 25.7. The molecular formula is C25H21Cl3N2O6. The molecule has 8 nitrogen and oxygen atoms in total. The monoisotopic (exact) mass is 550 g/mol. The van der Waals surface area contributed by atoms with Crippen molar-refractivity contribution in [1.82, 2.24) is 0 Å². The van der Waals surface area contributed by atoms with Crippen LogP contribution in [0.5, 0.6) is 5.75 Å². The summed E-state index contributed by atoms with van der Waals surface area (Å²) < 4.78 is 10.3. The number of carbonyl (C=O) groups is 4. The minimum absolute atomic E-state index is 0.0895. The Morgan fingerprint density at radius 2 is 1.69 bits per heavy atom. The molecule has 2 saturated carbocycles. The number of imide groups is 1. The number of halogens is 3. The van der Waals surface area contributed by atoms with Gasteiger partial charge in [-0.25, -0.2) is 4.79 Å².